The van der Waals surface area contributed by atoms with E-state index >= 15 is 4.39 Å². The predicted octanol–water partition coefficient (Wildman–Crippen LogP) is 6.03. The average molecular weight is 527 g/mol. The van der Waals surface area contributed by atoms with Crippen LogP contribution in [0.1, 0.15) is 11.1 Å². The van der Waals surface area contributed by atoms with Gasteiger partial charge in [-0.05, 0) is 36.8 Å². The van der Waals surface area contributed by atoms with Crippen LogP contribution in [-0.2, 0) is 16.6 Å². The third-order valence-electron chi connectivity index (χ3n) is 5.75. The maximum atomic E-state index is 15.0. The topological polar surface area (TPSA) is 94.1 Å². The Hall–Kier alpha value is -4.63. The second-order valence-electron chi connectivity index (χ2n) is 8.54. The predicted molar refractivity (Wildman–Crippen MR) is 143 cm³/mol. The fourth-order valence-corrected chi connectivity index (χ4v) is 4.75. The molecule has 0 fully saturated rings. The average Bonchev–Trinajstić information content (AvgIpc) is 2.93. The van der Waals surface area contributed by atoms with Gasteiger partial charge in [-0.3, -0.25) is 9.71 Å². The zero-order chi connectivity index (χ0) is 26.5. The summed E-state index contributed by atoms with van der Waals surface area (Å²) in [5.74, 6) is -0.549. The first-order valence-electron chi connectivity index (χ1n) is 11.7. The van der Waals surface area contributed by atoms with Crippen molar-refractivity contribution in [2.75, 3.05) is 4.72 Å². The second kappa shape index (κ2) is 10.8. The molecule has 0 unspecified atom stereocenters. The second-order valence-corrected chi connectivity index (χ2v) is 10.2. The van der Waals surface area contributed by atoms with Crippen LogP contribution in [0.3, 0.4) is 0 Å². The summed E-state index contributed by atoms with van der Waals surface area (Å²) in [4.78, 5) is 12.9. The molecule has 0 radical (unpaired) electrons. The highest BCUT2D eigenvalue weighted by Gasteiger charge is 2.20. The molecule has 0 amide bonds. The molecule has 0 bridgehead atoms. The van der Waals surface area contributed by atoms with E-state index in [1.165, 1.54) is 24.4 Å². The lowest BCUT2D eigenvalue weighted by Crippen LogP contribution is -2.15. The standard InChI is InChI=1S/C29H23FN4O3S/c1-20-9-12-24(13-10-20)38(35,36)34-28-29(37-19-21-6-5-15-31-17-21)33-27(18-32-28)23-11-14-25(26(30)16-23)22-7-3-2-4-8-22/h2-18H,19H2,1H3,(H,32,34). The molecular weight excluding hydrogens is 503 g/mol. The fourth-order valence-electron chi connectivity index (χ4n) is 3.75. The molecule has 190 valence electrons. The summed E-state index contributed by atoms with van der Waals surface area (Å²) in [5.41, 5.74) is 3.68. The molecule has 3 aromatic carbocycles. The minimum absolute atomic E-state index is 0.0467. The molecule has 0 spiro atoms. The quantitative estimate of drug-likeness (QED) is 0.265. The van der Waals surface area contributed by atoms with E-state index < -0.39 is 15.8 Å². The van der Waals surface area contributed by atoms with Gasteiger partial charge in [-0.2, -0.15) is 0 Å². The van der Waals surface area contributed by atoms with Gasteiger partial charge in [-0.15, -0.1) is 0 Å². The summed E-state index contributed by atoms with van der Waals surface area (Å²) >= 11 is 0. The fraction of sp³-hybridized carbons (Fsp3) is 0.0690. The molecule has 0 atom stereocenters. The molecule has 9 heteroatoms. The molecule has 0 aliphatic rings. The highest BCUT2D eigenvalue weighted by atomic mass is 32.2. The molecule has 7 nitrogen and oxygen atoms in total. The van der Waals surface area contributed by atoms with E-state index in [0.717, 1.165) is 16.7 Å². The third kappa shape index (κ3) is 5.68. The SMILES string of the molecule is Cc1ccc(S(=O)(=O)Nc2ncc(-c3ccc(-c4ccccc4)c(F)c3)nc2OCc2cccnc2)cc1. The van der Waals surface area contributed by atoms with Gasteiger partial charge in [0.2, 0.25) is 5.82 Å². The number of halogens is 1. The Bertz CT molecular complexity index is 1660. The minimum Gasteiger partial charge on any atom is -0.470 e. The molecule has 5 rings (SSSR count). The lowest BCUT2D eigenvalue weighted by atomic mass is 10.0. The number of aromatic nitrogens is 3. The number of rotatable bonds is 8. The van der Waals surface area contributed by atoms with Gasteiger partial charge in [0.1, 0.15) is 12.4 Å². The van der Waals surface area contributed by atoms with Crippen LogP contribution in [0, 0.1) is 12.7 Å². The van der Waals surface area contributed by atoms with E-state index in [9.17, 15) is 8.42 Å². The van der Waals surface area contributed by atoms with Crippen LogP contribution in [0.2, 0.25) is 0 Å². The van der Waals surface area contributed by atoms with Crippen LogP contribution in [0.4, 0.5) is 10.2 Å². The molecule has 0 aliphatic heterocycles. The normalized spacial score (nSPS) is 11.2. The van der Waals surface area contributed by atoms with E-state index in [1.54, 1.807) is 42.7 Å². The molecule has 0 saturated carbocycles. The number of pyridine rings is 1. The first-order valence-corrected chi connectivity index (χ1v) is 13.2. The third-order valence-corrected chi connectivity index (χ3v) is 7.11. The number of anilines is 1. The van der Waals surface area contributed by atoms with Crippen molar-refractivity contribution in [3.63, 3.8) is 0 Å². The summed E-state index contributed by atoms with van der Waals surface area (Å²) in [7, 11) is -3.96. The Morgan fingerprint density at radius 3 is 2.39 bits per heavy atom. The van der Waals surface area contributed by atoms with E-state index in [1.807, 2.05) is 43.3 Å². The van der Waals surface area contributed by atoms with Gasteiger partial charge >= 0.3 is 0 Å². The van der Waals surface area contributed by atoms with Gasteiger partial charge in [0.15, 0.2) is 0 Å². The van der Waals surface area contributed by atoms with Crippen LogP contribution in [0.15, 0.2) is 108 Å². The maximum absolute atomic E-state index is 15.0. The molecule has 0 aliphatic carbocycles. The number of ether oxygens (including phenoxy) is 1. The van der Waals surface area contributed by atoms with Gasteiger partial charge in [0, 0.05) is 29.1 Å². The zero-order valence-corrected chi connectivity index (χ0v) is 21.2. The van der Waals surface area contributed by atoms with Crippen LogP contribution in [0.25, 0.3) is 22.4 Å². The summed E-state index contributed by atoms with van der Waals surface area (Å²) < 4.78 is 49.4. The van der Waals surface area contributed by atoms with Gasteiger partial charge in [0.25, 0.3) is 15.9 Å². The number of hydrogen-bond donors (Lipinski definition) is 1. The Labute approximate surface area is 220 Å². The smallest absolute Gasteiger partial charge is 0.263 e. The first-order chi connectivity index (χ1) is 18.4. The monoisotopic (exact) mass is 526 g/mol. The van der Waals surface area contributed by atoms with Gasteiger partial charge in [-0.1, -0.05) is 66.2 Å². The van der Waals surface area contributed by atoms with Crippen molar-refractivity contribution in [3.05, 3.63) is 120 Å². The molecule has 38 heavy (non-hydrogen) atoms. The van der Waals surface area contributed by atoms with Crippen molar-refractivity contribution >= 4 is 15.8 Å². The molecule has 1 N–H and O–H groups in total. The number of benzene rings is 3. The van der Waals surface area contributed by atoms with Gasteiger partial charge in [0.05, 0.1) is 16.8 Å². The molecule has 5 aromatic rings. The van der Waals surface area contributed by atoms with E-state index in [0.29, 0.717) is 16.8 Å². The zero-order valence-electron chi connectivity index (χ0n) is 20.4. The Morgan fingerprint density at radius 1 is 0.895 bits per heavy atom. The van der Waals surface area contributed by atoms with Gasteiger partial charge in [-0.25, -0.2) is 22.8 Å². The van der Waals surface area contributed by atoms with Crippen LogP contribution >= 0.6 is 0 Å². The number of hydrogen-bond acceptors (Lipinski definition) is 6. The number of aryl methyl sites for hydroxylation is 1. The van der Waals surface area contributed by atoms with Crippen molar-refractivity contribution < 1.29 is 17.5 Å². The highest BCUT2D eigenvalue weighted by molar-refractivity contribution is 7.92. The van der Waals surface area contributed by atoms with Crippen molar-refractivity contribution in [1.82, 2.24) is 15.0 Å². The molecule has 0 saturated heterocycles. The lowest BCUT2D eigenvalue weighted by Gasteiger charge is -2.14. The van der Waals surface area contributed by atoms with Crippen molar-refractivity contribution in [2.24, 2.45) is 0 Å². The van der Waals surface area contributed by atoms with Gasteiger partial charge < -0.3 is 4.74 Å². The number of nitrogens with zero attached hydrogens (tertiary/aromatic N) is 3. The Morgan fingerprint density at radius 2 is 1.68 bits per heavy atom. The highest BCUT2D eigenvalue weighted by Crippen LogP contribution is 2.30. The van der Waals surface area contributed by atoms with E-state index in [-0.39, 0.29) is 23.2 Å². The maximum Gasteiger partial charge on any atom is 0.263 e. The first kappa shape index (κ1) is 25.0. The lowest BCUT2D eigenvalue weighted by molar-refractivity contribution is 0.294. The number of nitrogens with one attached hydrogen (secondary N) is 1. The summed E-state index contributed by atoms with van der Waals surface area (Å²) in [6.45, 7) is 1.94. The summed E-state index contributed by atoms with van der Waals surface area (Å²) in [5, 5.41) is 0. The van der Waals surface area contributed by atoms with E-state index in [2.05, 4.69) is 19.7 Å². The number of sulfonamides is 1. The Balaban J connectivity index is 1.49. The van der Waals surface area contributed by atoms with Crippen LogP contribution < -0.4 is 9.46 Å². The molecular formula is C29H23FN4O3S. The summed E-state index contributed by atoms with van der Waals surface area (Å²) in [6, 6.07) is 24.0. The molecule has 2 aromatic heterocycles. The van der Waals surface area contributed by atoms with Crippen molar-refractivity contribution in [3.8, 4) is 28.3 Å². The summed E-state index contributed by atoms with van der Waals surface area (Å²) in [6.07, 6.45) is 4.64. The van der Waals surface area contributed by atoms with Crippen LogP contribution in [-0.4, -0.2) is 23.4 Å². The molecule has 2 heterocycles. The van der Waals surface area contributed by atoms with E-state index in [4.69, 9.17) is 4.74 Å². The largest absolute Gasteiger partial charge is 0.470 e. The van der Waals surface area contributed by atoms with Crippen molar-refractivity contribution in [1.29, 1.82) is 0 Å². The van der Waals surface area contributed by atoms with Crippen molar-refractivity contribution in [2.45, 2.75) is 18.4 Å². The Kier molecular flexibility index (Phi) is 7.10. The minimum atomic E-state index is -3.96. The van der Waals surface area contributed by atoms with Crippen LogP contribution in [0.5, 0.6) is 5.88 Å².